The number of alkyl halides is 7. The first kappa shape index (κ1) is 13.2. The van der Waals surface area contributed by atoms with E-state index in [1.807, 2.05) is 0 Å². The minimum atomic E-state index is -5.78. The second-order valence-corrected chi connectivity index (χ2v) is 2.19. The Labute approximate surface area is 74.1 Å². The molecule has 0 saturated carbocycles. The van der Waals surface area contributed by atoms with E-state index in [0.29, 0.717) is 6.08 Å². The van der Waals surface area contributed by atoms with Gasteiger partial charge in [0.1, 0.15) is 0 Å². The molecule has 0 aliphatic carbocycles. The largest absolute Gasteiger partial charge is 0.525 e. The molecule has 0 aromatic heterocycles. The highest BCUT2D eigenvalue weighted by molar-refractivity contribution is 4.99. The van der Waals surface area contributed by atoms with E-state index in [4.69, 9.17) is 0 Å². The predicted molar refractivity (Wildman–Crippen MR) is 31.8 cm³/mol. The van der Waals surface area contributed by atoms with Crippen molar-refractivity contribution in [2.75, 3.05) is 0 Å². The molecule has 0 N–H and O–H groups in total. The Morgan fingerprint density at radius 2 is 1.36 bits per heavy atom. The molecule has 0 fully saturated rings. The molecule has 0 aromatic carbocycles. The molecule has 1 atom stereocenters. The molecule has 0 bridgehead atoms. The molecule has 0 aliphatic heterocycles. The van der Waals surface area contributed by atoms with Gasteiger partial charge in [0.15, 0.2) is 0 Å². The summed E-state index contributed by atoms with van der Waals surface area (Å²) in [6.07, 6.45) is -11.4. The van der Waals surface area contributed by atoms with Crippen molar-refractivity contribution in [1.82, 2.24) is 0 Å². The van der Waals surface area contributed by atoms with Crippen molar-refractivity contribution >= 4 is 0 Å². The van der Waals surface area contributed by atoms with Crippen LogP contribution in [0, 0.1) is 0 Å². The van der Waals surface area contributed by atoms with E-state index in [9.17, 15) is 30.7 Å². The Hall–Kier alpha value is -0.790. The zero-order valence-electron chi connectivity index (χ0n) is 6.71. The summed E-state index contributed by atoms with van der Waals surface area (Å²) in [6, 6.07) is 0. The van der Waals surface area contributed by atoms with Crippen molar-refractivity contribution in [3.8, 4) is 0 Å². The van der Waals surface area contributed by atoms with Crippen LogP contribution in [0.1, 0.15) is 6.92 Å². The van der Waals surface area contributed by atoms with Gasteiger partial charge in [0, 0.05) is 0 Å². The molecule has 8 heteroatoms. The zero-order valence-corrected chi connectivity index (χ0v) is 6.71. The normalized spacial score (nSPS) is 18.6. The van der Waals surface area contributed by atoms with E-state index in [1.165, 1.54) is 0 Å². The molecule has 0 aromatic rings. The third kappa shape index (κ3) is 3.52. The van der Waals surface area contributed by atoms with Gasteiger partial charge in [-0.25, -0.2) is 4.74 Å². The van der Waals surface area contributed by atoms with Crippen LogP contribution in [-0.4, -0.2) is 18.4 Å². The minimum absolute atomic E-state index is 0.361. The second-order valence-electron chi connectivity index (χ2n) is 2.19. The molecule has 0 aliphatic rings. The first-order valence-corrected chi connectivity index (χ1v) is 3.18. The van der Waals surface area contributed by atoms with E-state index in [2.05, 4.69) is 4.74 Å². The zero-order chi connectivity index (χ0) is 11.6. The van der Waals surface area contributed by atoms with Crippen LogP contribution in [0.2, 0.25) is 0 Å². The van der Waals surface area contributed by atoms with Gasteiger partial charge >= 0.3 is 18.4 Å². The first-order valence-electron chi connectivity index (χ1n) is 3.18. The van der Waals surface area contributed by atoms with Gasteiger partial charge in [-0.15, -0.1) is 13.2 Å². The molecule has 0 radical (unpaired) electrons. The molecular formula is C6H5F7O. The van der Waals surface area contributed by atoms with Crippen molar-refractivity contribution in [2.45, 2.75) is 25.3 Å². The summed E-state index contributed by atoms with van der Waals surface area (Å²) < 4.78 is 84.5. The van der Waals surface area contributed by atoms with Crippen molar-refractivity contribution in [2.24, 2.45) is 0 Å². The van der Waals surface area contributed by atoms with Gasteiger partial charge in [0.25, 0.3) is 0 Å². The van der Waals surface area contributed by atoms with Crippen LogP contribution in [0.4, 0.5) is 30.7 Å². The van der Waals surface area contributed by atoms with Gasteiger partial charge in [0.2, 0.25) is 0 Å². The van der Waals surface area contributed by atoms with Gasteiger partial charge < -0.3 is 0 Å². The van der Waals surface area contributed by atoms with Crippen LogP contribution in [0.15, 0.2) is 12.2 Å². The van der Waals surface area contributed by atoms with Crippen molar-refractivity contribution in [3.05, 3.63) is 12.2 Å². The fraction of sp³-hybridized carbons (Fsp3) is 0.667. The van der Waals surface area contributed by atoms with Crippen LogP contribution in [-0.2, 0) is 4.74 Å². The van der Waals surface area contributed by atoms with E-state index in [-0.39, 0.29) is 6.08 Å². The Balaban J connectivity index is 4.93. The summed E-state index contributed by atoms with van der Waals surface area (Å²) in [7, 11) is 0. The van der Waals surface area contributed by atoms with Gasteiger partial charge in [-0.05, 0) is 13.0 Å². The Morgan fingerprint density at radius 1 is 0.929 bits per heavy atom. The third-order valence-electron chi connectivity index (χ3n) is 1.03. The van der Waals surface area contributed by atoms with Gasteiger partial charge in [-0.2, -0.15) is 17.6 Å². The molecule has 84 valence electrons. The summed E-state index contributed by atoms with van der Waals surface area (Å²) in [5.74, 6) is -4.83. The van der Waals surface area contributed by atoms with E-state index >= 15 is 0 Å². The molecule has 0 amide bonds. The number of rotatable bonds is 2. The molecule has 0 rings (SSSR count). The highest BCUT2D eigenvalue weighted by atomic mass is 19.4. The highest BCUT2D eigenvalue weighted by Crippen LogP contribution is 2.40. The molecule has 0 unspecified atom stereocenters. The molecule has 0 saturated heterocycles. The summed E-state index contributed by atoms with van der Waals surface area (Å²) in [6.45, 7) is 0.930. The first-order chi connectivity index (χ1) is 6.02. The summed E-state index contributed by atoms with van der Waals surface area (Å²) in [5, 5.41) is 0. The number of ether oxygens (including phenoxy) is 1. The second kappa shape index (κ2) is 3.76. The lowest BCUT2D eigenvalue weighted by Crippen LogP contribution is -2.45. The summed E-state index contributed by atoms with van der Waals surface area (Å²) >= 11 is 0. The average molecular weight is 226 g/mol. The number of halogens is 7. The van der Waals surface area contributed by atoms with Crippen LogP contribution < -0.4 is 0 Å². The molecule has 14 heavy (non-hydrogen) atoms. The molecule has 1 nitrogen and oxygen atoms in total. The summed E-state index contributed by atoms with van der Waals surface area (Å²) in [4.78, 5) is 0. The molecule has 0 heterocycles. The lowest BCUT2D eigenvalue weighted by molar-refractivity contribution is -0.432. The van der Waals surface area contributed by atoms with E-state index in [0.717, 1.165) is 6.92 Å². The van der Waals surface area contributed by atoms with Crippen molar-refractivity contribution in [3.63, 3.8) is 0 Å². The van der Waals surface area contributed by atoms with Crippen LogP contribution in [0.25, 0.3) is 0 Å². The topological polar surface area (TPSA) is 9.23 Å². The van der Waals surface area contributed by atoms with Crippen molar-refractivity contribution < 1.29 is 35.5 Å². The standard InChI is InChI=1S/C6H5F7O/c1-2-3-4(7,5(8,9)10)14-6(11,12)13/h2-3H,1H3/b3-2-/t4-/m1/s1. The summed E-state index contributed by atoms with van der Waals surface area (Å²) in [5.41, 5.74) is 0. The van der Waals surface area contributed by atoms with Crippen LogP contribution in [0.3, 0.4) is 0 Å². The highest BCUT2D eigenvalue weighted by Gasteiger charge is 2.60. The van der Waals surface area contributed by atoms with E-state index < -0.39 is 18.4 Å². The molecular weight excluding hydrogens is 221 g/mol. The monoisotopic (exact) mass is 226 g/mol. The van der Waals surface area contributed by atoms with Crippen molar-refractivity contribution in [1.29, 1.82) is 0 Å². The lowest BCUT2D eigenvalue weighted by atomic mass is 10.3. The number of allylic oxidation sites excluding steroid dienone is 1. The quantitative estimate of drug-likeness (QED) is 0.518. The number of hydrogen-bond acceptors (Lipinski definition) is 1. The van der Waals surface area contributed by atoms with Gasteiger partial charge in [-0.1, -0.05) is 6.08 Å². The van der Waals surface area contributed by atoms with E-state index in [1.54, 1.807) is 0 Å². The smallest absolute Gasteiger partial charge is 0.242 e. The fourth-order valence-corrected chi connectivity index (χ4v) is 0.569. The van der Waals surface area contributed by atoms with Gasteiger partial charge in [0.05, 0.1) is 0 Å². The Bertz CT molecular complexity index is 215. The lowest BCUT2D eigenvalue weighted by Gasteiger charge is -2.25. The minimum Gasteiger partial charge on any atom is -0.242 e. The average Bonchev–Trinajstić information content (AvgIpc) is 1.79. The van der Waals surface area contributed by atoms with Crippen LogP contribution >= 0.6 is 0 Å². The fourth-order valence-electron chi connectivity index (χ4n) is 0.569. The van der Waals surface area contributed by atoms with Gasteiger partial charge in [-0.3, -0.25) is 0 Å². The molecule has 0 spiro atoms. The number of hydrogen-bond donors (Lipinski definition) is 0. The predicted octanol–water partition coefficient (Wildman–Crippen LogP) is 3.33. The SMILES string of the molecule is C/C=C\[C@@](F)(OC(F)(F)F)C(F)(F)F. The maximum absolute atomic E-state index is 12.6. The Kier molecular flexibility index (Phi) is 3.54. The Morgan fingerprint density at radius 3 is 1.57 bits per heavy atom. The third-order valence-corrected chi connectivity index (χ3v) is 1.03. The maximum atomic E-state index is 12.6. The maximum Gasteiger partial charge on any atom is 0.525 e. The van der Waals surface area contributed by atoms with Crippen LogP contribution in [0.5, 0.6) is 0 Å².